The van der Waals surface area contributed by atoms with E-state index in [9.17, 15) is 4.79 Å². The molecule has 4 nitrogen and oxygen atoms in total. The van der Waals surface area contributed by atoms with E-state index in [0.717, 1.165) is 18.2 Å². The van der Waals surface area contributed by atoms with Gasteiger partial charge < -0.3 is 15.4 Å². The molecule has 0 radical (unpaired) electrons. The van der Waals surface area contributed by atoms with Gasteiger partial charge in [-0.15, -0.1) is 12.4 Å². The summed E-state index contributed by atoms with van der Waals surface area (Å²) in [5.74, 6) is 1.68. The number of halogens is 1. The Morgan fingerprint density at radius 3 is 2.65 bits per heavy atom. The van der Waals surface area contributed by atoms with E-state index in [0.29, 0.717) is 19.7 Å². The molecule has 112 valence electrons. The maximum Gasteiger partial charge on any atom is 0.234 e. The molecule has 0 bridgehead atoms. The van der Waals surface area contributed by atoms with Crippen molar-refractivity contribution in [3.63, 3.8) is 0 Å². The van der Waals surface area contributed by atoms with E-state index in [1.54, 1.807) is 0 Å². The molecule has 1 aromatic carbocycles. The van der Waals surface area contributed by atoms with Crippen LogP contribution in [0.25, 0.3) is 0 Å². The second kappa shape index (κ2) is 8.82. The fourth-order valence-electron chi connectivity index (χ4n) is 1.77. The van der Waals surface area contributed by atoms with Crippen LogP contribution >= 0.6 is 12.4 Å². The van der Waals surface area contributed by atoms with E-state index in [4.69, 9.17) is 4.74 Å². The quantitative estimate of drug-likeness (QED) is 0.721. The van der Waals surface area contributed by atoms with E-state index in [1.165, 1.54) is 18.4 Å². The van der Waals surface area contributed by atoms with E-state index < -0.39 is 0 Å². The molecule has 0 atom stereocenters. The van der Waals surface area contributed by atoms with Gasteiger partial charge in [0.05, 0.1) is 13.1 Å². The highest BCUT2D eigenvalue weighted by molar-refractivity contribution is 5.85. The van der Waals surface area contributed by atoms with Crippen LogP contribution in [0.2, 0.25) is 0 Å². The van der Waals surface area contributed by atoms with Gasteiger partial charge in [0.1, 0.15) is 12.4 Å². The average molecular weight is 299 g/mol. The van der Waals surface area contributed by atoms with Crippen molar-refractivity contribution in [3.05, 3.63) is 29.8 Å². The Morgan fingerprint density at radius 1 is 1.30 bits per heavy atom. The lowest BCUT2D eigenvalue weighted by atomic mass is 10.2. The van der Waals surface area contributed by atoms with Gasteiger partial charge >= 0.3 is 0 Å². The average Bonchev–Trinajstić information content (AvgIpc) is 3.21. The third-order valence-electron chi connectivity index (χ3n) is 3.13. The molecule has 2 N–H and O–H groups in total. The topological polar surface area (TPSA) is 50.4 Å². The summed E-state index contributed by atoms with van der Waals surface area (Å²) >= 11 is 0. The van der Waals surface area contributed by atoms with Gasteiger partial charge in [-0.3, -0.25) is 4.79 Å². The number of ether oxygens (including phenoxy) is 1. The zero-order valence-corrected chi connectivity index (χ0v) is 12.7. The van der Waals surface area contributed by atoms with Crippen molar-refractivity contribution < 1.29 is 9.53 Å². The summed E-state index contributed by atoms with van der Waals surface area (Å²) in [6, 6.07) is 7.90. The van der Waals surface area contributed by atoms with Crippen molar-refractivity contribution in [3.8, 4) is 5.75 Å². The maximum atomic E-state index is 11.5. The molecule has 1 amide bonds. The lowest BCUT2D eigenvalue weighted by Crippen LogP contribution is -2.36. The van der Waals surface area contributed by atoms with Crippen molar-refractivity contribution in [2.75, 3.05) is 26.2 Å². The van der Waals surface area contributed by atoms with Crippen molar-refractivity contribution in [1.82, 2.24) is 10.6 Å². The Bertz CT molecular complexity index is 405. The second-order valence-corrected chi connectivity index (χ2v) is 5.09. The number of aryl methyl sites for hydroxylation is 1. The van der Waals surface area contributed by atoms with Crippen LogP contribution in [0.15, 0.2) is 24.3 Å². The molecule has 0 unspecified atom stereocenters. The number of carbonyl (C=O) groups excluding carboxylic acids is 1. The molecule has 1 aromatic rings. The summed E-state index contributed by atoms with van der Waals surface area (Å²) in [5, 5.41) is 5.99. The van der Waals surface area contributed by atoms with Crippen LogP contribution in [0, 0.1) is 12.8 Å². The Morgan fingerprint density at radius 2 is 2.00 bits per heavy atom. The summed E-state index contributed by atoms with van der Waals surface area (Å²) in [6.45, 7) is 4.45. The predicted molar refractivity (Wildman–Crippen MR) is 82.5 cm³/mol. The van der Waals surface area contributed by atoms with Gasteiger partial charge in [0.25, 0.3) is 0 Å². The first-order valence-corrected chi connectivity index (χ1v) is 6.91. The van der Waals surface area contributed by atoms with Crippen LogP contribution in [0.1, 0.15) is 18.4 Å². The molecule has 1 fully saturated rings. The van der Waals surface area contributed by atoms with E-state index in [2.05, 4.69) is 10.6 Å². The summed E-state index contributed by atoms with van der Waals surface area (Å²) in [5.41, 5.74) is 1.21. The van der Waals surface area contributed by atoms with E-state index in [1.807, 2.05) is 31.2 Å². The normalized spacial score (nSPS) is 13.4. The number of hydrogen-bond donors (Lipinski definition) is 2. The molecular formula is C15H23ClN2O2. The summed E-state index contributed by atoms with van der Waals surface area (Å²) in [4.78, 5) is 11.5. The first-order chi connectivity index (χ1) is 9.24. The Hall–Kier alpha value is -1.26. The second-order valence-electron chi connectivity index (χ2n) is 5.09. The fourth-order valence-corrected chi connectivity index (χ4v) is 1.77. The van der Waals surface area contributed by atoms with Crippen molar-refractivity contribution in [2.24, 2.45) is 5.92 Å². The minimum atomic E-state index is 0. The van der Waals surface area contributed by atoms with Gasteiger partial charge in [-0.1, -0.05) is 17.7 Å². The number of benzene rings is 1. The minimum absolute atomic E-state index is 0. The summed E-state index contributed by atoms with van der Waals surface area (Å²) < 4.78 is 5.53. The zero-order chi connectivity index (χ0) is 13.5. The highest BCUT2D eigenvalue weighted by atomic mass is 35.5. The largest absolute Gasteiger partial charge is 0.492 e. The highest BCUT2D eigenvalue weighted by Crippen LogP contribution is 2.27. The van der Waals surface area contributed by atoms with E-state index in [-0.39, 0.29) is 18.3 Å². The SMILES string of the molecule is Cc1ccc(OCCNC(=O)CNCC2CC2)cc1.Cl. The molecule has 1 aliphatic rings. The summed E-state index contributed by atoms with van der Waals surface area (Å²) in [7, 11) is 0. The monoisotopic (exact) mass is 298 g/mol. The molecule has 0 saturated heterocycles. The minimum Gasteiger partial charge on any atom is -0.492 e. The molecule has 5 heteroatoms. The van der Waals surface area contributed by atoms with Gasteiger partial charge in [0.15, 0.2) is 0 Å². The maximum absolute atomic E-state index is 11.5. The van der Waals surface area contributed by atoms with Crippen LogP contribution in [-0.2, 0) is 4.79 Å². The number of hydrogen-bond acceptors (Lipinski definition) is 3. The number of rotatable bonds is 8. The number of carbonyl (C=O) groups is 1. The number of nitrogens with one attached hydrogen (secondary N) is 2. The molecule has 20 heavy (non-hydrogen) atoms. The van der Waals surface area contributed by atoms with Crippen LogP contribution in [0.5, 0.6) is 5.75 Å². The summed E-state index contributed by atoms with van der Waals surface area (Å²) in [6.07, 6.45) is 2.61. The van der Waals surface area contributed by atoms with Crippen LogP contribution in [-0.4, -0.2) is 32.1 Å². The Kier molecular flexibility index (Phi) is 7.41. The molecule has 0 spiro atoms. The van der Waals surface area contributed by atoms with Gasteiger partial charge in [-0.25, -0.2) is 0 Å². The lowest BCUT2D eigenvalue weighted by molar-refractivity contribution is -0.120. The highest BCUT2D eigenvalue weighted by Gasteiger charge is 2.20. The number of amides is 1. The molecular weight excluding hydrogens is 276 g/mol. The smallest absolute Gasteiger partial charge is 0.234 e. The third-order valence-corrected chi connectivity index (χ3v) is 3.13. The Labute approximate surface area is 126 Å². The van der Waals surface area contributed by atoms with Gasteiger partial charge in [-0.2, -0.15) is 0 Å². The van der Waals surface area contributed by atoms with Gasteiger partial charge in [0.2, 0.25) is 5.91 Å². The Balaban J connectivity index is 0.00000200. The van der Waals surface area contributed by atoms with Crippen molar-refractivity contribution in [2.45, 2.75) is 19.8 Å². The van der Waals surface area contributed by atoms with Crippen LogP contribution < -0.4 is 15.4 Å². The lowest BCUT2D eigenvalue weighted by Gasteiger charge is -2.08. The van der Waals surface area contributed by atoms with E-state index >= 15 is 0 Å². The first kappa shape index (κ1) is 16.8. The van der Waals surface area contributed by atoms with Crippen molar-refractivity contribution in [1.29, 1.82) is 0 Å². The van der Waals surface area contributed by atoms with Crippen LogP contribution in [0.4, 0.5) is 0 Å². The molecule has 0 aliphatic heterocycles. The molecule has 2 rings (SSSR count). The molecule has 0 aromatic heterocycles. The molecule has 0 heterocycles. The predicted octanol–water partition coefficient (Wildman–Crippen LogP) is 1.91. The van der Waals surface area contributed by atoms with Gasteiger partial charge in [0, 0.05) is 0 Å². The third kappa shape index (κ3) is 6.78. The fraction of sp³-hybridized carbons (Fsp3) is 0.533. The standard InChI is InChI=1S/C15H22N2O2.ClH/c1-12-2-6-14(7-3-12)19-9-8-17-15(18)11-16-10-13-4-5-13;/h2-3,6-7,13,16H,4-5,8-11H2,1H3,(H,17,18);1H. The van der Waals surface area contributed by atoms with Crippen LogP contribution in [0.3, 0.4) is 0 Å². The van der Waals surface area contributed by atoms with Gasteiger partial charge in [-0.05, 0) is 44.4 Å². The first-order valence-electron chi connectivity index (χ1n) is 6.91. The zero-order valence-electron chi connectivity index (χ0n) is 11.9. The molecule has 1 saturated carbocycles. The molecule has 1 aliphatic carbocycles. The van der Waals surface area contributed by atoms with Crippen molar-refractivity contribution >= 4 is 18.3 Å².